The Labute approximate surface area is 118 Å². The van der Waals surface area contributed by atoms with Gasteiger partial charge in [0, 0.05) is 42.8 Å². The van der Waals surface area contributed by atoms with Crippen molar-refractivity contribution >= 4 is 5.82 Å². The van der Waals surface area contributed by atoms with E-state index in [0.29, 0.717) is 0 Å². The first-order valence-corrected chi connectivity index (χ1v) is 6.91. The molecule has 1 aliphatic rings. The number of rotatable bonds is 2. The zero-order valence-electron chi connectivity index (χ0n) is 11.5. The van der Waals surface area contributed by atoms with Crippen LogP contribution in [0.5, 0.6) is 0 Å². The van der Waals surface area contributed by atoms with Crippen LogP contribution in [0.15, 0.2) is 30.6 Å². The third kappa shape index (κ3) is 2.77. The zero-order valence-corrected chi connectivity index (χ0v) is 11.5. The van der Waals surface area contributed by atoms with E-state index in [1.165, 1.54) is 0 Å². The Balaban J connectivity index is 1.91. The van der Waals surface area contributed by atoms with Gasteiger partial charge in [0.2, 0.25) is 0 Å². The van der Waals surface area contributed by atoms with Gasteiger partial charge in [0.25, 0.3) is 0 Å². The highest BCUT2D eigenvalue weighted by Crippen LogP contribution is 2.22. The van der Waals surface area contributed by atoms with Gasteiger partial charge >= 0.3 is 0 Å². The number of hydrogen-bond donors (Lipinski definition) is 1. The molecular formula is C15H18N4O. The lowest BCUT2D eigenvalue weighted by atomic mass is 10.1. The van der Waals surface area contributed by atoms with Gasteiger partial charge in [-0.1, -0.05) is 0 Å². The SMILES string of the molecule is Cc1cc(N2CCC(O)CC2)nc(-c2ccncc2)n1. The lowest BCUT2D eigenvalue weighted by molar-refractivity contribution is 0.145. The van der Waals surface area contributed by atoms with Crippen molar-refractivity contribution in [3.63, 3.8) is 0 Å². The van der Waals surface area contributed by atoms with Crippen LogP contribution in [0.3, 0.4) is 0 Å². The molecule has 1 fully saturated rings. The summed E-state index contributed by atoms with van der Waals surface area (Å²) in [4.78, 5) is 15.4. The second-order valence-corrected chi connectivity index (χ2v) is 5.15. The molecule has 20 heavy (non-hydrogen) atoms. The van der Waals surface area contributed by atoms with Crippen LogP contribution in [0, 0.1) is 6.92 Å². The third-order valence-electron chi connectivity index (χ3n) is 3.57. The van der Waals surface area contributed by atoms with Crippen LogP contribution in [-0.2, 0) is 0 Å². The molecule has 104 valence electrons. The van der Waals surface area contributed by atoms with Gasteiger partial charge in [-0.05, 0) is 31.9 Å². The van der Waals surface area contributed by atoms with Gasteiger partial charge in [-0.3, -0.25) is 4.98 Å². The molecule has 2 aromatic heterocycles. The number of aliphatic hydroxyl groups is 1. The van der Waals surface area contributed by atoms with Crippen LogP contribution in [0.1, 0.15) is 18.5 Å². The molecule has 1 saturated heterocycles. The van der Waals surface area contributed by atoms with Crippen LogP contribution < -0.4 is 4.90 Å². The van der Waals surface area contributed by atoms with E-state index in [-0.39, 0.29) is 6.10 Å². The quantitative estimate of drug-likeness (QED) is 0.901. The van der Waals surface area contributed by atoms with Gasteiger partial charge in [-0.25, -0.2) is 9.97 Å². The summed E-state index contributed by atoms with van der Waals surface area (Å²) >= 11 is 0. The Morgan fingerprint density at radius 3 is 2.55 bits per heavy atom. The number of aliphatic hydroxyl groups excluding tert-OH is 1. The van der Waals surface area contributed by atoms with Gasteiger partial charge < -0.3 is 10.0 Å². The minimum absolute atomic E-state index is 0.172. The van der Waals surface area contributed by atoms with Crippen molar-refractivity contribution in [1.29, 1.82) is 0 Å². The highest BCUT2D eigenvalue weighted by Gasteiger charge is 2.19. The van der Waals surface area contributed by atoms with E-state index in [9.17, 15) is 5.11 Å². The van der Waals surface area contributed by atoms with E-state index in [1.807, 2.05) is 25.1 Å². The molecular weight excluding hydrogens is 252 g/mol. The van der Waals surface area contributed by atoms with E-state index >= 15 is 0 Å². The molecule has 0 unspecified atom stereocenters. The average Bonchev–Trinajstić information content (AvgIpc) is 2.48. The largest absolute Gasteiger partial charge is 0.393 e. The number of hydrogen-bond acceptors (Lipinski definition) is 5. The van der Waals surface area contributed by atoms with E-state index in [1.54, 1.807) is 12.4 Å². The summed E-state index contributed by atoms with van der Waals surface area (Å²) in [5, 5.41) is 9.59. The summed E-state index contributed by atoms with van der Waals surface area (Å²) in [7, 11) is 0. The molecule has 3 rings (SSSR count). The van der Waals surface area contributed by atoms with Crippen LogP contribution in [-0.4, -0.2) is 39.3 Å². The minimum atomic E-state index is -0.172. The fourth-order valence-electron chi connectivity index (χ4n) is 2.44. The number of pyridine rings is 1. The summed E-state index contributed by atoms with van der Waals surface area (Å²) in [5.74, 6) is 1.67. The molecule has 0 atom stereocenters. The maximum absolute atomic E-state index is 9.59. The molecule has 0 aromatic carbocycles. The summed E-state index contributed by atoms with van der Waals surface area (Å²) in [5.41, 5.74) is 1.93. The fourth-order valence-corrected chi connectivity index (χ4v) is 2.44. The van der Waals surface area contributed by atoms with Crippen molar-refractivity contribution in [3.8, 4) is 11.4 Å². The van der Waals surface area contributed by atoms with Crippen LogP contribution in [0.4, 0.5) is 5.82 Å². The average molecular weight is 270 g/mol. The third-order valence-corrected chi connectivity index (χ3v) is 3.57. The Kier molecular flexibility index (Phi) is 3.60. The number of piperidine rings is 1. The highest BCUT2D eigenvalue weighted by molar-refractivity contribution is 5.57. The van der Waals surface area contributed by atoms with Crippen molar-refractivity contribution in [2.45, 2.75) is 25.9 Å². The van der Waals surface area contributed by atoms with Crippen LogP contribution in [0.25, 0.3) is 11.4 Å². The smallest absolute Gasteiger partial charge is 0.161 e. The molecule has 3 heterocycles. The zero-order chi connectivity index (χ0) is 13.9. The molecule has 0 amide bonds. The molecule has 0 saturated carbocycles. The normalized spacial score (nSPS) is 16.4. The summed E-state index contributed by atoms with van der Waals surface area (Å²) in [6, 6.07) is 5.83. The standard InChI is InChI=1S/C15H18N4O/c1-11-10-14(19-8-4-13(20)5-9-19)18-15(17-11)12-2-6-16-7-3-12/h2-3,6-7,10,13,20H,4-5,8-9H2,1H3. The Bertz CT molecular complexity index is 580. The van der Waals surface area contributed by atoms with Gasteiger partial charge in [0.05, 0.1) is 6.10 Å². The predicted molar refractivity (Wildman–Crippen MR) is 77.5 cm³/mol. The number of nitrogens with zero attached hydrogens (tertiary/aromatic N) is 4. The Morgan fingerprint density at radius 1 is 1.15 bits per heavy atom. The maximum Gasteiger partial charge on any atom is 0.161 e. The first-order chi connectivity index (χ1) is 9.72. The first-order valence-electron chi connectivity index (χ1n) is 6.91. The van der Waals surface area contributed by atoms with Crippen LogP contribution in [0.2, 0.25) is 0 Å². The lowest BCUT2D eigenvalue weighted by Gasteiger charge is -2.30. The molecule has 0 bridgehead atoms. The molecule has 0 spiro atoms. The fraction of sp³-hybridized carbons (Fsp3) is 0.400. The van der Waals surface area contributed by atoms with Gasteiger partial charge in [0.15, 0.2) is 5.82 Å². The molecule has 5 nitrogen and oxygen atoms in total. The first kappa shape index (κ1) is 13.0. The number of aryl methyl sites for hydroxylation is 1. The second kappa shape index (κ2) is 5.54. The van der Waals surface area contributed by atoms with Crippen LogP contribution >= 0.6 is 0 Å². The van der Waals surface area contributed by atoms with Crippen molar-refractivity contribution in [1.82, 2.24) is 15.0 Å². The summed E-state index contributed by atoms with van der Waals surface area (Å²) in [6.45, 7) is 3.66. The van der Waals surface area contributed by atoms with Crippen molar-refractivity contribution in [2.75, 3.05) is 18.0 Å². The lowest BCUT2D eigenvalue weighted by Crippen LogP contribution is -2.36. The van der Waals surface area contributed by atoms with Crippen molar-refractivity contribution < 1.29 is 5.11 Å². The predicted octanol–water partition coefficient (Wildman–Crippen LogP) is 1.81. The maximum atomic E-state index is 9.59. The number of aromatic nitrogens is 3. The van der Waals surface area contributed by atoms with Gasteiger partial charge in [-0.2, -0.15) is 0 Å². The summed E-state index contributed by atoms with van der Waals surface area (Å²) in [6.07, 6.45) is 4.92. The van der Waals surface area contributed by atoms with Gasteiger partial charge in [-0.15, -0.1) is 0 Å². The molecule has 2 aromatic rings. The molecule has 5 heteroatoms. The van der Waals surface area contributed by atoms with E-state index < -0.39 is 0 Å². The molecule has 1 N–H and O–H groups in total. The Hall–Kier alpha value is -2.01. The van der Waals surface area contributed by atoms with Crippen molar-refractivity contribution in [2.24, 2.45) is 0 Å². The van der Waals surface area contributed by atoms with E-state index in [0.717, 1.165) is 48.8 Å². The summed E-state index contributed by atoms with van der Waals surface area (Å²) < 4.78 is 0. The monoisotopic (exact) mass is 270 g/mol. The molecule has 1 aliphatic heterocycles. The Morgan fingerprint density at radius 2 is 1.85 bits per heavy atom. The van der Waals surface area contributed by atoms with Gasteiger partial charge in [0.1, 0.15) is 5.82 Å². The van der Waals surface area contributed by atoms with E-state index in [2.05, 4.69) is 19.9 Å². The minimum Gasteiger partial charge on any atom is -0.393 e. The molecule has 0 radical (unpaired) electrons. The number of anilines is 1. The van der Waals surface area contributed by atoms with Crippen molar-refractivity contribution in [3.05, 3.63) is 36.3 Å². The second-order valence-electron chi connectivity index (χ2n) is 5.15. The molecule has 0 aliphatic carbocycles. The van der Waals surface area contributed by atoms with E-state index in [4.69, 9.17) is 0 Å². The highest BCUT2D eigenvalue weighted by atomic mass is 16.3. The topological polar surface area (TPSA) is 62.1 Å².